The molecule has 0 heterocycles. The van der Waals surface area contributed by atoms with Gasteiger partial charge in [-0.15, -0.1) is 11.6 Å². The molecule has 2 atom stereocenters. The minimum Gasteiger partial charge on any atom is -1.00 e. The van der Waals surface area contributed by atoms with E-state index in [1.165, 1.54) is 36.8 Å². The van der Waals surface area contributed by atoms with Gasteiger partial charge in [0.2, 0.25) is 0 Å². The Balaban J connectivity index is 0.000000416. The molecule has 0 amide bonds. The first-order chi connectivity index (χ1) is 10.7. The fourth-order valence-corrected chi connectivity index (χ4v) is 3.70. The van der Waals surface area contributed by atoms with Gasteiger partial charge in [0, 0.05) is 0 Å². The van der Waals surface area contributed by atoms with Crippen molar-refractivity contribution in [1.29, 1.82) is 0 Å². The average Bonchev–Trinajstić information content (AvgIpc) is 3.13. The molecule has 2 unspecified atom stereocenters. The van der Waals surface area contributed by atoms with E-state index >= 15 is 0 Å². The second-order valence-corrected chi connectivity index (χ2v) is 6.95. The summed E-state index contributed by atoms with van der Waals surface area (Å²) in [7, 11) is 0. The van der Waals surface area contributed by atoms with Crippen molar-refractivity contribution in [2.24, 2.45) is 11.8 Å². The van der Waals surface area contributed by atoms with Gasteiger partial charge in [0.05, 0.1) is 0 Å². The largest absolute Gasteiger partial charge is 4.00 e. The Bertz CT molecular complexity index is 629. The van der Waals surface area contributed by atoms with Gasteiger partial charge >= 0.3 is 25.8 Å². The third-order valence-electron chi connectivity index (χ3n) is 4.99. The zero-order chi connectivity index (χ0) is 15.5. The molecule has 3 heteroatoms. The Labute approximate surface area is 193 Å². The quantitative estimate of drug-likeness (QED) is 0.307. The van der Waals surface area contributed by atoms with E-state index in [2.05, 4.69) is 69.3 Å². The number of halogens is 2. The van der Waals surface area contributed by atoms with Gasteiger partial charge in [-0.2, -0.15) is 16.7 Å². The van der Waals surface area contributed by atoms with Crippen LogP contribution in [0.2, 0.25) is 0 Å². The fourth-order valence-electron chi connectivity index (χ4n) is 3.70. The van der Waals surface area contributed by atoms with Crippen LogP contribution in [0.25, 0.3) is 6.08 Å². The summed E-state index contributed by atoms with van der Waals surface area (Å²) in [5.41, 5.74) is 6.05. The van der Waals surface area contributed by atoms with Crippen molar-refractivity contribution in [3.63, 3.8) is 0 Å². The predicted molar refractivity (Wildman–Crippen MR) is 94.2 cm³/mol. The van der Waals surface area contributed by atoms with Gasteiger partial charge in [-0.1, -0.05) is 76.0 Å². The first-order valence-electron chi connectivity index (χ1n) is 8.66. The molecule has 0 N–H and O–H groups in total. The molecule has 0 saturated heterocycles. The summed E-state index contributed by atoms with van der Waals surface area (Å²) in [6, 6.07) is 8.44. The second-order valence-electron chi connectivity index (χ2n) is 6.95. The molecule has 0 aliphatic heterocycles. The van der Waals surface area contributed by atoms with E-state index in [0.717, 1.165) is 5.92 Å². The van der Waals surface area contributed by atoms with Crippen LogP contribution in [0, 0.1) is 24.0 Å². The minimum absolute atomic E-state index is 0. The summed E-state index contributed by atoms with van der Waals surface area (Å²) >= 11 is 0. The van der Waals surface area contributed by atoms with Crippen molar-refractivity contribution in [2.45, 2.75) is 52.4 Å². The van der Waals surface area contributed by atoms with Crippen molar-refractivity contribution in [1.82, 2.24) is 0 Å². The van der Waals surface area contributed by atoms with E-state index in [4.69, 9.17) is 0 Å². The Hall–Kier alpha value is 0.270. The fraction of sp³-hybridized carbons (Fsp3) is 0.455. The second kappa shape index (κ2) is 11.9. The molecule has 3 aliphatic carbocycles. The molecule has 0 spiro atoms. The van der Waals surface area contributed by atoms with Gasteiger partial charge in [-0.05, 0) is 6.42 Å². The maximum atomic E-state index is 3.50. The standard InChI is InChI=1S/C12H17.C10H9.2BrH.Hf/c1-9(2)11-8-7-10-5-3-4-6-12(10)11;1-8-6-7-9-4-2-3-5-10(8)9;;;/h7,9,11H,3-6H2,1-2H3;2-5,7-8H,1H3;2*1H;/q2*-1;;;+4/p-2. The molecule has 132 valence electrons. The first-order valence-corrected chi connectivity index (χ1v) is 8.66. The molecule has 0 fully saturated rings. The molecular formula is C22H26Br2Hf. The van der Waals surface area contributed by atoms with Crippen molar-refractivity contribution >= 4 is 6.08 Å². The van der Waals surface area contributed by atoms with Crippen LogP contribution in [0.1, 0.15) is 63.5 Å². The molecule has 0 bridgehead atoms. The molecule has 1 aromatic carbocycles. The summed E-state index contributed by atoms with van der Waals surface area (Å²) < 4.78 is 0. The van der Waals surface area contributed by atoms with Crippen LogP contribution in [-0.2, 0) is 25.8 Å². The Morgan fingerprint density at radius 2 is 1.64 bits per heavy atom. The molecule has 25 heavy (non-hydrogen) atoms. The number of fused-ring (bicyclic) bond motifs is 1. The monoisotopic (exact) mass is 628 g/mol. The maximum absolute atomic E-state index is 3.50. The zero-order valence-electron chi connectivity index (χ0n) is 15.3. The normalized spacial score (nSPS) is 22.1. The number of rotatable bonds is 1. The van der Waals surface area contributed by atoms with Gasteiger partial charge < -0.3 is 34.0 Å². The van der Waals surface area contributed by atoms with Crippen LogP contribution in [0.5, 0.6) is 0 Å². The van der Waals surface area contributed by atoms with E-state index in [1.807, 2.05) is 0 Å². The molecule has 3 aliphatic rings. The van der Waals surface area contributed by atoms with Crippen molar-refractivity contribution < 1.29 is 59.8 Å². The van der Waals surface area contributed by atoms with Crippen LogP contribution in [0.3, 0.4) is 0 Å². The van der Waals surface area contributed by atoms with Crippen molar-refractivity contribution in [2.75, 3.05) is 0 Å². The summed E-state index contributed by atoms with van der Waals surface area (Å²) in [5.74, 6) is 1.89. The van der Waals surface area contributed by atoms with Crippen molar-refractivity contribution in [3.05, 3.63) is 64.8 Å². The summed E-state index contributed by atoms with van der Waals surface area (Å²) in [4.78, 5) is 0. The number of hydrogen-bond acceptors (Lipinski definition) is 0. The van der Waals surface area contributed by atoms with Crippen LogP contribution < -0.4 is 34.0 Å². The minimum atomic E-state index is 0. The maximum Gasteiger partial charge on any atom is 4.00 e. The SMILES string of the molecule is CC(C)C1[C-]=CC2=C1CCCC2.CC1[C-]=Cc2ccccc21.[Br-].[Br-].[Hf+4]. The van der Waals surface area contributed by atoms with Crippen LogP contribution >= 0.6 is 0 Å². The topological polar surface area (TPSA) is 0 Å². The third-order valence-corrected chi connectivity index (χ3v) is 4.99. The van der Waals surface area contributed by atoms with Gasteiger partial charge in [0.1, 0.15) is 0 Å². The first kappa shape index (κ1) is 25.3. The number of hydrogen-bond donors (Lipinski definition) is 0. The van der Waals surface area contributed by atoms with E-state index in [0.29, 0.717) is 11.8 Å². The van der Waals surface area contributed by atoms with E-state index in [9.17, 15) is 0 Å². The average molecular weight is 629 g/mol. The van der Waals surface area contributed by atoms with E-state index < -0.39 is 0 Å². The predicted octanol–water partition coefficient (Wildman–Crippen LogP) is 0.128. The summed E-state index contributed by atoms with van der Waals surface area (Å²) in [6.45, 7) is 6.77. The van der Waals surface area contributed by atoms with Gasteiger partial charge in [0.25, 0.3) is 0 Å². The number of benzene rings is 1. The Kier molecular flexibility index (Phi) is 12.0. The third kappa shape index (κ3) is 6.14. The molecule has 4 rings (SSSR count). The van der Waals surface area contributed by atoms with Crippen LogP contribution in [0.4, 0.5) is 0 Å². The number of allylic oxidation sites excluding steroid dienone is 5. The van der Waals surface area contributed by atoms with E-state index in [-0.39, 0.29) is 59.8 Å². The zero-order valence-corrected chi connectivity index (χ0v) is 22.0. The van der Waals surface area contributed by atoms with E-state index in [1.54, 1.807) is 11.1 Å². The molecule has 0 nitrogen and oxygen atoms in total. The smallest absolute Gasteiger partial charge is 1.00 e. The van der Waals surface area contributed by atoms with Gasteiger partial charge in [0.15, 0.2) is 0 Å². The Morgan fingerprint density at radius 3 is 2.32 bits per heavy atom. The summed E-state index contributed by atoms with van der Waals surface area (Å²) in [6.07, 6.45) is 16.5. The summed E-state index contributed by atoms with van der Waals surface area (Å²) in [5, 5.41) is 0. The van der Waals surface area contributed by atoms with Crippen LogP contribution in [0.15, 0.2) is 41.5 Å². The van der Waals surface area contributed by atoms with Gasteiger partial charge in [-0.25, -0.2) is 12.2 Å². The molecule has 0 saturated carbocycles. The molecule has 0 radical (unpaired) electrons. The Morgan fingerprint density at radius 1 is 0.960 bits per heavy atom. The molecular weight excluding hydrogens is 603 g/mol. The van der Waals surface area contributed by atoms with Gasteiger partial charge in [-0.3, -0.25) is 12.2 Å². The van der Waals surface area contributed by atoms with Crippen LogP contribution in [-0.4, -0.2) is 0 Å². The molecule has 0 aromatic heterocycles. The van der Waals surface area contributed by atoms with Crippen molar-refractivity contribution in [3.8, 4) is 0 Å². The molecule has 1 aromatic rings.